The fourth-order valence-corrected chi connectivity index (χ4v) is 2.08. The maximum Gasteiger partial charge on any atom is 0.251 e. The summed E-state index contributed by atoms with van der Waals surface area (Å²) in [4.78, 5) is 12.1. The second-order valence-corrected chi connectivity index (χ2v) is 4.95. The lowest BCUT2D eigenvalue weighted by atomic mass is 10.1. The van der Waals surface area contributed by atoms with Crippen LogP contribution in [0, 0.1) is 13.8 Å². The molecule has 0 bridgehead atoms. The molecule has 0 atom stereocenters. The van der Waals surface area contributed by atoms with Crippen molar-refractivity contribution >= 4 is 11.6 Å². The quantitative estimate of drug-likeness (QED) is 0.893. The summed E-state index contributed by atoms with van der Waals surface area (Å²) in [6.45, 7) is 4.59. The maximum absolute atomic E-state index is 12.1. The van der Waals surface area contributed by atoms with E-state index in [-0.39, 0.29) is 5.91 Å². The lowest BCUT2D eigenvalue weighted by Crippen LogP contribution is -2.22. The molecule has 2 N–H and O–H groups in total. The van der Waals surface area contributed by atoms with Crippen molar-refractivity contribution in [3.8, 4) is 0 Å². The van der Waals surface area contributed by atoms with Crippen molar-refractivity contribution in [1.82, 2.24) is 5.32 Å². The van der Waals surface area contributed by atoms with Gasteiger partial charge in [0.15, 0.2) is 0 Å². The van der Waals surface area contributed by atoms with Crippen LogP contribution in [0.3, 0.4) is 0 Å². The lowest BCUT2D eigenvalue weighted by Gasteiger charge is -2.09. The van der Waals surface area contributed by atoms with Gasteiger partial charge < -0.3 is 10.6 Å². The Morgan fingerprint density at radius 1 is 1.05 bits per heavy atom. The highest BCUT2D eigenvalue weighted by atomic mass is 16.1. The Kier molecular flexibility index (Phi) is 4.41. The average Bonchev–Trinajstić information content (AvgIpc) is 2.46. The van der Waals surface area contributed by atoms with Crippen LogP contribution in [-0.4, -0.2) is 13.0 Å². The molecule has 2 aromatic carbocycles. The molecule has 0 aromatic heterocycles. The largest absolute Gasteiger partial charge is 0.388 e. The van der Waals surface area contributed by atoms with E-state index in [1.807, 2.05) is 56.4 Å². The minimum atomic E-state index is -0.0451. The molecule has 1 amide bonds. The Balaban J connectivity index is 2.01. The van der Waals surface area contributed by atoms with E-state index in [0.717, 1.165) is 16.8 Å². The summed E-state index contributed by atoms with van der Waals surface area (Å²) in [6, 6.07) is 13.8. The highest BCUT2D eigenvalue weighted by molar-refractivity contribution is 5.94. The van der Waals surface area contributed by atoms with Crippen molar-refractivity contribution in [3.63, 3.8) is 0 Å². The average molecular weight is 268 g/mol. The van der Waals surface area contributed by atoms with E-state index in [0.29, 0.717) is 12.1 Å². The van der Waals surface area contributed by atoms with Gasteiger partial charge in [-0.05, 0) is 43.2 Å². The van der Waals surface area contributed by atoms with Crippen molar-refractivity contribution in [2.24, 2.45) is 0 Å². The summed E-state index contributed by atoms with van der Waals surface area (Å²) < 4.78 is 0. The first-order valence-electron chi connectivity index (χ1n) is 6.72. The summed E-state index contributed by atoms with van der Waals surface area (Å²) in [5.74, 6) is -0.0451. The highest BCUT2D eigenvalue weighted by Gasteiger charge is 2.07. The van der Waals surface area contributed by atoms with E-state index in [4.69, 9.17) is 0 Å². The predicted molar refractivity (Wildman–Crippen MR) is 83.1 cm³/mol. The van der Waals surface area contributed by atoms with Crippen LogP contribution in [0.4, 0.5) is 5.69 Å². The van der Waals surface area contributed by atoms with Gasteiger partial charge in [0.25, 0.3) is 5.91 Å². The van der Waals surface area contributed by atoms with Gasteiger partial charge >= 0.3 is 0 Å². The zero-order chi connectivity index (χ0) is 14.5. The topological polar surface area (TPSA) is 41.1 Å². The Bertz CT molecular complexity index is 603. The number of rotatable bonds is 4. The van der Waals surface area contributed by atoms with E-state index in [2.05, 4.69) is 17.6 Å². The maximum atomic E-state index is 12.1. The Morgan fingerprint density at radius 2 is 1.75 bits per heavy atom. The molecule has 3 heteroatoms. The minimum absolute atomic E-state index is 0.0451. The first-order chi connectivity index (χ1) is 9.60. The van der Waals surface area contributed by atoms with E-state index in [9.17, 15) is 4.79 Å². The van der Waals surface area contributed by atoms with Crippen LogP contribution in [0.1, 0.15) is 27.0 Å². The first kappa shape index (κ1) is 14.1. The normalized spacial score (nSPS) is 10.2. The third-order valence-electron chi connectivity index (χ3n) is 3.33. The Morgan fingerprint density at radius 3 is 2.35 bits per heavy atom. The molecule has 0 saturated heterocycles. The lowest BCUT2D eigenvalue weighted by molar-refractivity contribution is 0.0951. The Hall–Kier alpha value is -2.29. The number of benzene rings is 2. The van der Waals surface area contributed by atoms with Crippen molar-refractivity contribution in [1.29, 1.82) is 0 Å². The summed E-state index contributed by atoms with van der Waals surface area (Å²) in [7, 11) is 1.87. The van der Waals surface area contributed by atoms with E-state index in [1.165, 1.54) is 5.56 Å². The monoisotopic (exact) mass is 268 g/mol. The number of nitrogens with one attached hydrogen (secondary N) is 2. The van der Waals surface area contributed by atoms with Crippen molar-refractivity contribution in [2.45, 2.75) is 20.4 Å². The fraction of sp³-hybridized carbons (Fsp3) is 0.235. The molecular weight excluding hydrogens is 248 g/mol. The molecule has 0 heterocycles. The number of hydrogen-bond donors (Lipinski definition) is 2. The van der Waals surface area contributed by atoms with Gasteiger partial charge in [-0.2, -0.15) is 0 Å². The summed E-state index contributed by atoms with van der Waals surface area (Å²) in [5.41, 5.74) is 5.12. The molecule has 0 aliphatic heterocycles. The first-order valence-corrected chi connectivity index (χ1v) is 6.72. The molecule has 0 aliphatic carbocycles. The minimum Gasteiger partial charge on any atom is -0.388 e. The molecule has 3 nitrogen and oxygen atoms in total. The summed E-state index contributed by atoms with van der Waals surface area (Å²) >= 11 is 0. The highest BCUT2D eigenvalue weighted by Crippen LogP contribution is 2.15. The molecule has 2 aromatic rings. The second kappa shape index (κ2) is 6.24. The number of aryl methyl sites for hydroxylation is 2. The van der Waals surface area contributed by atoms with Crippen LogP contribution in [0.2, 0.25) is 0 Å². The van der Waals surface area contributed by atoms with Crippen LogP contribution in [0.25, 0.3) is 0 Å². The van der Waals surface area contributed by atoms with Gasteiger partial charge in [0.05, 0.1) is 0 Å². The SMILES string of the molecule is CNc1ccc(C(=O)NCc2ccc(C)cc2)cc1C. The smallest absolute Gasteiger partial charge is 0.251 e. The molecule has 0 radical (unpaired) electrons. The Labute approximate surface area is 120 Å². The van der Waals surface area contributed by atoms with Gasteiger partial charge in [0.1, 0.15) is 0 Å². The molecule has 20 heavy (non-hydrogen) atoms. The zero-order valence-corrected chi connectivity index (χ0v) is 12.2. The van der Waals surface area contributed by atoms with Crippen molar-refractivity contribution < 1.29 is 4.79 Å². The number of amides is 1. The van der Waals surface area contributed by atoms with Crippen LogP contribution < -0.4 is 10.6 Å². The van der Waals surface area contributed by atoms with Crippen LogP contribution in [0.15, 0.2) is 42.5 Å². The second-order valence-electron chi connectivity index (χ2n) is 4.95. The number of anilines is 1. The van der Waals surface area contributed by atoms with Crippen LogP contribution in [0.5, 0.6) is 0 Å². The molecule has 0 unspecified atom stereocenters. The van der Waals surface area contributed by atoms with E-state index < -0.39 is 0 Å². The van der Waals surface area contributed by atoms with Gasteiger partial charge in [-0.25, -0.2) is 0 Å². The van der Waals surface area contributed by atoms with Crippen molar-refractivity contribution in [3.05, 3.63) is 64.7 Å². The fourth-order valence-electron chi connectivity index (χ4n) is 2.08. The summed E-state index contributed by atoms with van der Waals surface area (Å²) in [6.07, 6.45) is 0. The van der Waals surface area contributed by atoms with Gasteiger partial charge in [0.2, 0.25) is 0 Å². The molecule has 104 valence electrons. The predicted octanol–water partition coefficient (Wildman–Crippen LogP) is 3.28. The van der Waals surface area contributed by atoms with Crippen molar-refractivity contribution in [2.75, 3.05) is 12.4 Å². The van der Waals surface area contributed by atoms with Gasteiger partial charge in [-0.1, -0.05) is 29.8 Å². The number of carbonyl (C=O) groups excluding carboxylic acids is 1. The van der Waals surface area contributed by atoms with Gasteiger partial charge in [-0.3, -0.25) is 4.79 Å². The molecule has 0 aliphatic rings. The molecule has 0 saturated carbocycles. The van der Waals surface area contributed by atoms with Crippen LogP contribution in [-0.2, 0) is 6.54 Å². The molecule has 0 fully saturated rings. The van der Waals surface area contributed by atoms with Gasteiger partial charge in [0, 0.05) is 24.8 Å². The standard InChI is InChI=1S/C17H20N2O/c1-12-4-6-14(7-5-12)11-19-17(20)15-8-9-16(18-3)13(2)10-15/h4-10,18H,11H2,1-3H3,(H,19,20). The summed E-state index contributed by atoms with van der Waals surface area (Å²) in [5, 5.41) is 6.03. The number of carbonyl (C=O) groups is 1. The third kappa shape index (κ3) is 3.38. The van der Waals surface area contributed by atoms with E-state index >= 15 is 0 Å². The zero-order valence-electron chi connectivity index (χ0n) is 12.2. The van der Waals surface area contributed by atoms with E-state index in [1.54, 1.807) is 0 Å². The van der Waals surface area contributed by atoms with Gasteiger partial charge in [-0.15, -0.1) is 0 Å². The van der Waals surface area contributed by atoms with Crippen LogP contribution >= 0.6 is 0 Å². The third-order valence-corrected chi connectivity index (χ3v) is 3.33. The molecule has 0 spiro atoms. The molecular formula is C17H20N2O. The number of hydrogen-bond acceptors (Lipinski definition) is 2. The molecule has 2 rings (SSSR count).